The average Bonchev–Trinajstić information content (AvgIpc) is 3.11. The summed E-state index contributed by atoms with van der Waals surface area (Å²) in [4.78, 5) is 2.09. The highest BCUT2D eigenvalue weighted by atomic mass is 19.4. The van der Waals surface area contributed by atoms with Gasteiger partial charge in [0.25, 0.3) is 0 Å². The van der Waals surface area contributed by atoms with E-state index in [2.05, 4.69) is 24.1 Å². The quantitative estimate of drug-likeness (QED) is 0.840. The number of hydrogen-bond acceptors (Lipinski definition) is 2. The summed E-state index contributed by atoms with van der Waals surface area (Å²) in [6, 6.07) is 0.338. The molecule has 0 amide bonds. The third-order valence-corrected chi connectivity index (χ3v) is 4.53. The molecule has 1 heterocycles. The minimum Gasteiger partial charge on any atom is -0.311 e. The van der Waals surface area contributed by atoms with E-state index in [0.717, 1.165) is 32.4 Å². The van der Waals surface area contributed by atoms with Crippen LogP contribution in [0.15, 0.2) is 0 Å². The fourth-order valence-electron chi connectivity index (χ4n) is 2.99. The maximum Gasteiger partial charge on any atom is 0.390 e. The van der Waals surface area contributed by atoms with Gasteiger partial charge in [0.1, 0.15) is 0 Å². The van der Waals surface area contributed by atoms with Crippen LogP contribution in [0.1, 0.15) is 39.5 Å². The number of piperazine rings is 1. The van der Waals surface area contributed by atoms with Gasteiger partial charge in [0.15, 0.2) is 0 Å². The van der Waals surface area contributed by atoms with E-state index in [1.165, 1.54) is 0 Å². The monoisotopic (exact) mass is 264 g/mol. The third kappa shape index (κ3) is 3.18. The SMILES string of the molecule is CCC1CN(CCC(F)(F)F)C(C)(C2CC2)CN1. The molecule has 2 unspecified atom stereocenters. The molecule has 0 spiro atoms. The summed E-state index contributed by atoms with van der Waals surface area (Å²) in [7, 11) is 0. The average molecular weight is 264 g/mol. The molecule has 0 aromatic heterocycles. The fourth-order valence-corrected chi connectivity index (χ4v) is 2.99. The normalized spacial score (nSPS) is 34.8. The Morgan fingerprint density at radius 1 is 1.33 bits per heavy atom. The van der Waals surface area contributed by atoms with Crippen LogP contribution in [-0.4, -0.2) is 42.3 Å². The molecular weight excluding hydrogens is 241 g/mol. The molecule has 0 aromatic carbocycles. The van der Waals surface area contributed by atoms with E-state index in [-0.39, 0.29) is 12.1 Å². The second-order valence-electron chi connectivity index (χ2n) is 5.93. The molecule has 106 valence electrons. The Balaban J connectivity index is 2.00. The molecule has 0 aromatic rings. The second-order valence-corrected chi connectivity index (χ2v) is 5.93. The van der Waals surface area contributed by atoms with Crippen LogP contribution in [0.2, 0.25) is 0 Å². The number of rotatable bonds is 4. The minimum atomic E-state index is -4.04. The molecule has 2 nitrogen and oxygen atoms in total. The topological polar surface area (TPSA) is 15.3 Å². The molecule has 2 atom stereocenters. The van der Waals surface area contributed by atoms with Gasteiger partial charge >= 0.3 is 6.18 Å². The van der Waals surface area contributed by atoms with Gasteiger partial charge in [0.05, 0.1) is 6.42 Å². The molecule has 0 radical (unpaired) electrons. The molecule has 1 N–H and O–H groups in total. The van der Waals surface area contributed by atoms with Crippen molar-refractivity contribution in [1.82, 2.24) is 10.2 Å². The first-order chi connectivity index (χ1) is 8.35. The molecule has 2 rings (SSSR count). The Morgan fingerprint density at radius 3 is 2.50 bits per heavy atom. The maximum atomic E-state index is 12.4. The van der Waals surface area contributed by atoms with Crippen LogP contribution in [0.4, 0.5) is 13.2 Å². The number of alkyl halides is 3. The van der Waals surface area contributed by atoms with Gasteiger partial charge < -0.3 is 5.32 Å². The molecule has 1 saturated carbocycles. The lowest BCUT2D eigenvalue weighted by Crippen LogP contribution is -2.64. The molecule has 5 heteroatoms. The van der Waals surface area contributed by atoms with Gasteiger partial charge in [-0.3, -0.25) is 4.90 Å². The van der Waals surface area contributed by atoms with Crippen molar-refractivity contribution in [2.24, 2.45) is 5.92 Å². The highest BCUT2D eigenvalue weighted by molar-refractivity contribution is 5.04. The van der Waals surface area contributed by atoms with E-state index in [9.17, 15) is 13.2 Å². The van der Waals surface area contributed by atoms with Crippen LogP contribution in [0.25, 0.3) is 0 Å². The number of halogens is 3. The van der Waals surface area contributed by atoms with Crippen LogP contribution < -0.4 is 5.32 Å². The van der Waals surface area contributed by atoms with Gasteiger partial charge in [-0.1, -0.05) is 6.92 Å². The first-order valence-electron chi connectivity index (χ1n) is 6.90. The van der Waals surface area contributed by atoms with E-state index in [1.54, 1.807) is 0 Å². The smallest absolute Gasteiger partial charge is 0.311 e. The van der Waals surface area contributed by atoms with Crippen LogP contribution in [0.5, 0.6) is 0 Å². The molecule has 1 saturated heterocycles. The van der Waals surface area contributed by atoms with Crippen molar-refractivity contribution in [3.8, 4) is 0 Å². The highest BCUT2D eigenvalue weighted by Crippen LogP contribution is 2.44. The van der Waals surface area contributed by atoms with E-state index in [1.807, 2.05) is 0 Å². The van der Waals surface area contributed by atoms with E-state index in [0.29, 0.717) is 12.0 Å². The molecule has 1 aliphatic heterocycles. The van der Waals surface area contributed by atoms with Gasteiger partial charge in [-0.05, 0) is 32.1 Å². The first kappa shape index (κ1) is 14.1. The van der Waals surface area contributed by atoms with Crippen molar-refractivity contribution in [2.45, 2.75) is 57.3 Å². The predicted octanol–water partition coefficient (Wildman–Crippen LogP) is 2.79. The van der Waals surface area contributed by atoms with Crippen LogP contribution in [0, 0.1) is 5.92 Å². The van der Waals surface area contributed by atoms with E-state index in [4.69, 9.17) is 0 Å². The molecule has 18 heavy (non-hydrogen) atoms. The Hall–Kier alpha value is -0.290. The summed E-state index contributed by atoms with van der Waals surface area (Å²) >= 11 is 0. The molecule has 0 bridgehead atoms. The Morgan fingerprint density at radius 2 is 2.00 bits per heavy atom. The molecule has 1 aliphatic carbocycles. The van der Waals surface area contributed by atoms with Crippen molar-refractivity contribution in [1.29, 1.82) is 0 Å². The largest absolute Gasteiger partial charge is 0.390 e. The van der Waals surface area contributed by atoms with E-state index >= 15 is 0 Å². The first-order valence-corrected chi connectivity index (χ1v) is 6.90. The number of nitrogens with one attached hydrogen (secondary N) is 1. The Kier molecular flexibility index (Phi) is 3.93. The fraction of sp³-hybridized carbons (Fsp3) is 1.00. The van der Waals surface area contributed by atoms with Crippen LogP contribution >= 0.6 is 0 Å². The Labute approximate surface area is 107 Å². The van der Waals surface area contributed by atoms with Gasteiger partial charge in [-0.15, -0.1) is 0 Å². The zero-order valence-electron chi connectivity index (χ0n) is 11.2. The number of hydrogen-bond donors (Lipinski definition) is 1. The van der Waals surface area contributed by atoms with Crippen molar-refractivity contribution in [3.63, 3.8) is 0 Å². The minimum absolute atomic E-state index is 0.0725. The summed E-state index contributed by atoms with van der Waals surface area (Å²) in [5.41, 5.74) is -0.0725. The highest BCUT2D eigenvalue weighted by Gasteiger charge is 2.48. The third-order valence-electron chi connectivity index (χ3n) is 4.53. The van der Waals surface area contributed by atoms with Gasteiger partial charge in [-0.2, -0.15) is 13.2 Å². The molecule has 2 aliphatic rings. The lowest BCUT2D eigenvalue weighted by molar-refractivity contribution is -0.143. The molecule has 2 fully saturated rings. The standard InChI is InChI=1S/C13H23F3N2/c1-3-11-8-18(7-6-13(14,15)16)12(2,9-17-11)10-4-5-10/h10-11,17H,3-9H2,1-2H3. The Bertz CT molecular complexity index is 288. The van der Waals surface area contributed by atoms with Crippen LogP contribution in [0.3, 0.4) is 0 Å². The maximum absolute atomic E-state index is 12.4. The second kappa shape index (κ2) is 5.00. The van der Waals surface area contributed by atoms with Gasteiger partial charge in [-0.25, -0.2) is 0 Å². The van der Waals surface area contributed by atoms with Crippen molar-refractivity contribution in [3.05, 3.63) is 0 Å². The van der Waals surface area contributed by atoms with Crippen molar-refractivity contribution < 1.29 is 13.2 Å². The lowest BCUT2D eigenvalue weighted by Gasteiger charge is -2.49. The zero-order valence-corrected chi connectivity index (χ0v) is 11.2. The van der Waals surface area contributed by atoms with Crippen molar-refractivity contribution >= 4 is 0 Å². The summed E-state index contributed by atoms with van der Waals surface area (Å²) in [5, 5.41) is 3.48. The lowest BCUT2D eigenvalue weighted by atomic mass is 9.89. The summed E-state index contributed by atoms with van der Waals surface area (Å²) in [6.45, 7) is 5.93. The van der Waals surface area contributed by atoms with Gasteiger partial charge in [0.2, 0.25) is 0 Å². The number of nitrogens with zero attached hydrogens (tertiary/aromatic N) is 1. The summed E-state index contributed by atoms with van der Waals surface area (Å²) in [5.74, 6) is 0.580. The summed E-state index contributed by atoms with van der Waals surface area (Å²) in [6.07, 6.45) is -1.43. The van der Waals surface area contributed by atoms with Crippen LogP contribution in [-0.2, 0) is 0 Å². The van der Waals surface area contributed by atoms with Crippen molar-refractivity contribution in [2.75, 3.05) is 19.6 Å². The molecular formula is C13H23F3N2. The van der Waals surface area contributed by atoms with Gasteiger partial charge in [0, 0.05) is 31.2 Å². The predicted molar refractivity (Wildman–Crippen MR) is 65.5 cm³/mol. The van der Waals surface area contributed by atoms with E-state index < -0.39 is 12.6 Å². The summed E-state index contributed by atoms with van der Waals surface area (Å²) < 4.78 is 37.2. The zero-order chi connectivity index (χ0) is 13.4.